The molecule has 144 valence electrons. The molecular weight excluding hydrogens is 360 g/mol. The van der Waals surface area contributed by atoms with E-state index in [1.807, 2.05) is 30.3 Å². The summed E-state index contributed by atoms with van der Waals surface area (Å²) in [5.74, 6) is -0.177. The Hall–Kier alpha value is -3.88. The van der Waals surface area contributed by atoms with E-state index in [1.54, 1.807) is 31.4 Å². The first-order chi connectivity index (χ1) is 13.6. The van der Waals surface area contributed by atoms with Crippen LogP contribution < -0.4 is 21.1 Å². The Bertz CT molecular complexity index is 971. The zero-order valence-electron chi connectivity index (χ0n) is 15.3. The number of nitrogens with zero attached hydrogens (tertiary/aromatic N) is 3. The molecule has 3 aromatic rings. The first kappa shape index (κ1) is 18.9. The van der Waals surface area contributed by atoms with Crippen molar-refractivity contribution >= 4 is 23.3 Å². The standard InChI is InChI=1S/C19H20N6O3/c1-28-15-9-5-8-14(10-15)22-16(26)12-25-18(20)17(23-24-25)19(27)21-11-13-6-3-2-4-7-13/h2-10H,11-12,20H2,1H3,(H,21,27)(H,22,26). The Morgan fingerprint density at radius 1 is 1.14 bits per heavy atom. The summed E-state index contributed by atoms with van der Waals surface area (Å²) in [7, 11) is 1.54. The predicted octanol–water partition coefficient (Wildman–Crippen LogP) is 1.44. The van der Waals surface area contributed by atoms with E-state index in [4.69, 9.17) is 10.5 Å². The van der Waals surface area contributed by atoms with Gasteiger partial charge in [-0.05, 0) is 17.7 Å². The molecule has 3 rings (SSSR count). The highest BCUT2D eigenvalue weighted by Crippen LogP contribution is 2.17. The second-order valence-electron chi connectivity index (χ2n) is 5.93. The summed E-state index contributed by atoms with van der Waals surface area (Å²) < 4.78 is 6.29. The van der Waals surface area contributed by atoms with Gasteiger partial charge < -0.3 is 21.1 Å². The largest absolute Gasteiger partial charge is 0.497 e. The van der Waals surface area contributed by atoms with E-state index < -0.39 is 5.91 Å². The van der Waals surface area contributed by atoms with Crippen LogP contribution in [0.4, 0.5) is 11.5 Å². The van der Waals surface area contributed by atoms with Gasteiger partial charge in [-0.3, -0.25) is 9.59 Å². The van der Waals surface area contributed by atoms with Crippen molar-refractivity contribution < 1.29 is 14.3 Å². The summed E-state index contributed by atoms with van der Waals surface area (Å²) in [5.41, 5.74) is 7.43. The molecule has 0 saturated carbocycles. The number of benzene rings is 2. The Balaban J connectivity index is 1.60. The molecule has 2 amide bonds. The van der Waals surface area contributed by atoms with Crippen LogP contribution in [0.15, 0.2) is 54.6 Å². The van der Waals surface area contributed by atoms with Gasteiger partial charge in [-0.2, -0.15) is 0 Å². The van der Waals surface area contributed by atoms with Crippen molar-refractivity contribution in [3.8, 4) is 5.75 Å². The maximum absolute atomic E-state index is 12.3. The first-order valence-electron chi connectivity index (χ1n) is 8.52. The molecule has 28 heavy (non-hydrogen) atoms. The molecule has 0 radical (unpaired) electrons. The van der Waals surface area contributed by atoms with Crippen molar-refractivity contribution in [2.75, 3.05) is 18.2 Å². The number of anilines is 2. The minimum atomic E-state index is -0.458. The van der Waals surface area contributed by atoms with Crippen molar-refractivity contribution in [3.63, 3.8) is 0 Å². The van der Waals surface area contributed by atoms with Gasteiger partial charge >= 0.3 is 0 Å². The lowest BCUT2D eigenvalue weighted by Gasteiger charge is -2.08. The second-order valence-corrected chi connectivity index (χ2v) is 5.93. The third-order valence-corrected chi connectivity index (χ3v) is 3.93. The van der Waals surface area contributed by atoms with E-state index in [0.29, 0.717) is 18.0 Å². The minimum absolute atomic E-state index is 0.0198. The van der Waals surface area contributed by atoms with Crippen LogP contribution >= 0.6 is 0 Å². The summed E-state index contributed by atoms with van der Waals surface area (Å²) >= 11 is 0. The number of hydrogen-bond acceptors (Lipinski definition) is 6. The van der Waals surface area contributed by atoms with Crippen LogP contribution in [0.1, 0.15) is 16.1 Å². The highest BCUT2D eigenvalue weighted by atomic mass is 16.5. The lowest BCUT2D eigenvalue weighted by molar-refractivity contribution is -0.116. The van der Waals surface area contributed by atoms with Gasteiger partial charge in [0.15, 0.2) is 11.5 Å². The van der Waals surface area contributed by atoms with Crippen molar-refractivity contribution in [1.29, 1.82) is 0 Å². The molecule has 0 spiro atoms. The molecule has 0 atom stereocenters. The van der Waals surface area contributed by atoms with Crippen LogP contribution in [0.2, 0.25) is 0 Å². The van der Waals surface area contributed by atoms with E-state index >= 15 is 0 Å². The van der Waals surface area contributed by atoms with Gasteiger partial charge in [-0.15, -0.1) is 5.10 Å². The number of aromatic nitrogens is 3. The Morgan fingerprint density at radius 3 is 2.68 bits per heavy atom. The molecule has 0 fully saturated rings. The van der Waals surface area contributed by atoms with Gasteiger partial charge in [0, 0.05) is 18.3 Å². The number of hydrogen-bond donors (Lipinski definition) is 3. The van der Waals surface area contributed by atoms with E-state index in [9.17, 15) is 9.59 Å². The number of nitrogens with one attached hydrogen (secondary N) is 2. The molecule has 0 saturated heterocycles. The van der Waals surface area contributed by atoms with E-state index in [-0.39, 0.29) is 24.0 Å². The molecule has 0 unspecified atom stereocenters. The molecule has 9 nitrogen and oxygen atoms in total. The molecular formula is C19H20N6O3. The maximum atomic E-state index is 12.3. The Kier molecular flexibility index (Phi) is 5.85. The molecule has 0 aliphatic rings. The van der Waals surface area contributed by atoms with E-state index in [2.05, 4.69) is 20.9 Å². The number of nitrogen functional groups attached to an aromatic ring is 1. The fourth-order valence-electron chi connectivity index (χ4n) is 2.50. The average Bonchev–Trinajstić information content (AvgIpc) is 3.07. The molecule has 1 heterocycles. The summed E-state index contributed by atoms with van der Waals surface area (Å²) in [6.07, 6.45) is 0. The van der Waals surface area contributed by atoms with Crippen LogP contribution in [0.3, 0.4) is 0 Å². The van der Waals surface area contributed by atoms with Crippen LogP contribution in [-0.4, -0.2) is 33.9 Å². The fourth-order valence-corrected chi connectivity index (χ4v) is 2.50. The molecule has 0 bridgehead atoms. The van der Waals surface area contributed by atoms with Gasteiger partial charge in [-0.1, -0.05) is 41.6 Å². The van der Waals surface area contributed by atoms with Crippen molar-refractivity contribution in [1.82, 2.24) is 20.3 Å². The zero-order chi connectivity index (χ0) is 19.9. The number of carbonyl (C=O) groups is 2. The number of amides is 2. The van der Waals surface area contributed by atoms with Crippen molar-refractivity contribution in [2.24, 2.45) is 0 Å². The van der Waals surface area contributed by atoms with Gasteiger partial charge in [0.1, 0.15) is 12.3 Å². The smallest absolute Gasteiger partial charge is 0.275 e. The third-order valence-electron chi connectivity index (χ3n) is 3.93. The summed E-state index contributed by atoms with van der Waals surface area (Å²) in [5, 5.41) is 13.0. The normalized spacial score (nSPS) is 10.3. The van der Waals surface area contributed by atoms with Gasteiger partial charge in [0.05, 0.1) is 7.11 Å². The first-order valence-corrected chi connectivity index (χ1v) is 8.52. The highest BCUT2D eigenvalue weighted by Gasteiger charge is 2.18. The van der Waals surface area contributed by atoms with E-state index in [0.717, 1.165) is 5.56 Å². The lowest BCUT2D eigenvalue weighted by atomic mass is 10.2. The molecule has 1 aromatic heterocycles. The quantitative estimate of drug-likeness (QED) is 0.570. The molecule has 9 heteroatoms. The van der Waals surface area contributed by atoms with Gasteiger partial charge in [0.2, 0.25) is 5.91 Å². The average molecular weight is 380 g/mol. The topological polar surface area (TPSA) is 124 Å². The van der Waals surface area contributed by atoms with Crippen molar-refractivity contribution in [2.45, 2.75) is 13.1 Å². The minimum Gasteiger partial charge on any atom is -0.497 e. The number of carbonyl (C=O) groups excluding carboxylic acids is 2. The second kappa shape index (κ2) is 8.67. The van der Waals surface area contributed by atoms with E-state index in [1.165, 1.54) is 4.68 Å². The monoisotopic (exact) mass is 380 g/mol. The lowest BCUT2D eigenvalue weighted by Crippen LogP contribution is -2.25. The number of rotatable bonds is 7. The van der Waals surface area contributed by atoms with Crippen LogP contribution in [0.25, 0.3) is 0 Å². The third kappa shape index (κ3) is 4.64. The fraction of sp³-hybridized carbons (Fsp3) is 0.158. The van der Waals surface area contributed by atoms with Crippen LogP contribution in [0.5, 0.6) is 5.75 Å². The van der Waals surface area contributed by atoms with Crippen LogP contribution in [0, 0.1) is 0 Å². The number of ether oxygens (including phenoxy) is 1. The molecule has 2 aromatic carbocycles. The Labute approximate surface area is 161 Å². The summed E-state index contributed by atoms with van der Waals surface area (Å²) in [4.78, 5) is 24.5. The maximum Gasteiger partial charge on any atom is 0.275 e. The molecule has 4 N–H and O–H groups in total. The van der Waals surface area contributed by atoms with Crippen molar-refractivity contribution in [3.05, 3.63) is 65.9 Å². The summed E-state index contributed by atoms with van der Waals surface area (Å²) in [6.45, 7) is 0.157. The SMILES string of the molecule is COc1cccc(NC(=O)Cn2nnc(C(=O)NCc3ccccc3)c2N)c1. The summed E-state index contributed by atoms with van der Waals surface area (Å²) in [6, 6.07) is 16.4. The number of nitrogens with two attached hydrogens (primary N) is 1. The molecule has 0 aliphatic heterocycles. The highest BCUT2D eigenvalue weighted by molar-refractivity contribution is 5.96. The van der Waals surface area contributed by atoms with Gasteiger partial charge in [-0.25, -0.2) is 4.68 Å². The Morgan fingerprint density at radius 2 is 1.93 bits per heavy atom. The van der Waals surface area contributed by atoms with Crippen LogP contribution in [-0.2, 0) is 17.9 Å². The number of methoxy groups -OCH3 is 1. The predicted molar refractivity (Wildman–Crippen MR) is 104 cm³/mol. The van der Waals surface area contributed by atoms with Gasteiger partial charge in [0.25, 0.3) is 5.91 Å². The molecule has 0 aliphatic carbocycles. The zero-order valence-corrected chi connectivity index (χ0v) is 15.3.